The van der Waals surface area contributed by atoms with E-state index in [-0.39, 0.29) is 0 Å². The molecule has 2 heteroatoms. The van der Waals surface area contributed by atoms with Gasteiger partial charge in [-0.15, -0.1) is 0 Å². The summed E-state index contributed by atoms with van der Waals surface area (Å²) in [5.41, 5.74) is 2.98. The van der Waals surface area contributed by atoms with Crippen LogP contribution in [0.1, 0.15) is 33.6 Å². The molecule has 18 heavy (non-hydrogen) atoms. The molecule has 0 aliphatic heterocycles. The van der Waals surface area contributed by atoms with Crippen LogP contribution in [0.2, 0.25) is 0 Å². The van der Waals surface area contributed by atoms with Gasteiger partial charge in [-0.05, 0) is 42.4 Å². The highest BCUT2D eigenvalue weighted by molar-refractivity contribution is 5.57. The molecule has 0 radical (unpaired) electrons. The van der Waals surface area contributed by atoms with Crippen molar-refractivity contribution in [2.24, 2.45) is 11.3 Å². The lowest BCUT2D eigenvalue weighted by Gasteiger charge is -2.21. The summed E-state index contributed by atoms with van der Waals surface area (Å²) in [6.45, 7) is 7.12. The van der Waals surface area contributed by atoms with Gasteiger partial charge in [0.25, 0.3) is 0 Å². The van der Waals surface area contributed by atoms with Gasteiger partial charge in [-0.25, -0.2) is 0 Å². The molecule has 0 bridgehead atoms. The molecule has 0 aromatic heterocycles. The maximum absolute atomic E-state index is 3.71. The monoisotopic (exact) mass is 246 g/mol. The van der Waals surface area contributed by atoms with Crippen LogP contribution >= 0.6 is 0 Å². The SMILES string of the molecule is CC1CC(C)(C)CC1Nc1cccc(N(C)C)c1. The standard InChI is InChI=1S/C16H26N2/c1-12-10-16(2,3)11-15(12)17-13-7-6-8-14(9-13)18(4)5/h6-9,12,15,17H,10-11H2,1-5H3. The lowest BCUT2D eigenvalue weighted by Crippen LogP contribution is -2.22. The quantitative estimate of drug-likeness (QED) is 0.867. The minimum absolute atomic E-state index is 0.482. The third-order valence-electron chi connectivity index (χ3n) is 4.05. The Balaban J connectivity index is 2.08. The number of nitrogens with one attached hydrogen (secondary N) is 1. The van der Waals surface area contributed by atoms with Gasteiger partial charge in [0.2, 0.25) is 0 Å². The van der Waals surface area contributed by atoms with Crippen LogP contribution in [0, 0.1) is 11.3 Å². The summed E-state index contributed by atoms with van der Waals surface area (Å²) in [7, 11) is 4.17. The summed E-state index contributed by atoms with van der Waals surface area (Å²) < 4.78 is 0. The first kappa shape index (κ1) is 13.3. The lowest BCUT2D eigenvalue weighted by molar-refractivity contribution is 0.366. The zero-order valence-electron chi connectivity index (χ0n) is 12.3. The molecule has 1 aliphatic rings. The van der Waals surface area contributed by atoms with Crippen molar-refractivity contribution in [2.75, 3.05) is 24.3 Å². The van der Waals surface area contributed by atoms with Crippen molar-refractivity contribution in [1.82, 2.24) is 0 Å². The van der Waals surface area contributed by atoms with Gasteiger partial charge in [0.15, 0.2) is 0 Å². The third kappa shape index (κ3) is 2.98. The first-order chi connectivity index (χ1) is 8.37. The number of anilines is 2. The Kier molecular flexibility index (Phi) is 3.56. The first-order valence-corrected chi connectivity index (χ1v) is 6.91. The van der Waals surface area contributed by atoms with E-state index in [0.717, 1.165) is 5.92 Å². The zero-order valence-corrected chi connectivity index (χ0v) is 12.3. The predicted molar refractivity (Wildman–Crippen MR) is 80.4 cm³/mol. The fourth-order valence-electron chi connectivity index (χ4n) is 3.17. The van der Waals surface area contributed by atoms with Crippen molar-refractivity contribution < 1.29 is 0 Å². The van der Waals surface area contributed by atoms with E-state index in [1.54, 1.807) is 0 Å². The second-order valence-electron chi connectivity index (χ2n) is 6.75. The van der Waals surface area contributed by atoms with Crippen molar-refractivity contribution in [2.45, 2.75) is 39.7 Å². The average Bonchev–Trinajstić information content (AvgIpc) is 2.52. The fourth-order valence-corrected chi connectivity index (χ4v) is 3.17. The Morgan fingerprint density at radius 1 is 1.22 bits per heavy atom. The van der Waals surface area contributed by atoms with Gasteiger partial charge in [0.1, 0.15) is 0 Å². The number of hydrogen-bond donors (Lipinski definition) is 1. The molecule has 0 heterocycles. The van der Waals surface area contributed by atoms with Crippen LogP contribution in [0.25, 0.3) is 0 Å². The van der Waals surface area contributed by atoms with Crippen LogP contribution in [0.5, 0.6) is 0 Å². The molecule has 1 fully saturated rings. The Morgan fingerprint density at radius 3 is 2.50 bits per heavy atom. The average molecular weight is 246 g/mol. The molecule has 2 atom stereocenters. The fraction of sp³-hybridized carbons (Fsp3) is 0.625. The topological polar surface area (TPSA) is 15.3 Å². The molecular formula is C16H26N2. The van der Waals surface area contributed by atoms with Gasteiger partial charge in [-0.1, -0.05) is 26.8 Å². The Labute approximate surface area is 111 Å². The van der Waals surface area contributed by atoms with Crippen molar-refractivity contribution in [3.63, 3.8) is 0 Å². The number of hydrogen-bond acceptors (Lipinski definition) is 2. The van der Waals surface area contributed by atoms with Gasteiger partial charge >= 0.3 is 0 Å². The molecule has 1 saturated carbocycles. The highest BCUT2D eigenvalue weighted by atomic mass is 15.1. The highest BCUT2D eigenvalue weighted by Gasteiger charge is 2.36. The summed E-state index contributed by atoms with van der Waals surface area (Å²) in [6, 6.07) is 9.29. The number of nitrogens with zero attached hydrogens (tertiary/aromatic N) is 1. The van der Waals surface area contributed by atoms with E-state index in [0.29, 0.717) is 11.5 Å². The summed E-state index contributed by atoms with van der Waals surface area (Å²) in [4.78, 5) is 2.15. The van der Waals surface area contributed by atoms with Crippen molar-refractivity contribution in [3.05, 3.63) is 24.3 Å². The second kappa shape index (κ2) is 4.83. The van der Waals surface area contributed by atoms with E-state index in [2.05, 4.69) is 69.3 Å². The minimum atomic E-state index is 0.482. The van der Waals surface area contributed by atoms with Gasteiger partial charge in [-0.2, -0.15) is 0 Å². The van der Waals surface area contributed by atoms with Gasteiger partial charge in [0.05, 0.1) is 0 Å². The lowest BCUT2D eigenvalue weighted by atomic mass is 9.91. The predicted octanol–water partition coefficient (Wildman–Crippen LogP) is 3.99. The van der Waals surface area contributed by atoms with Crippen molar-refractivity contribution in [1.29, 1.82) is 0 Å². The van der Waals surface area contributed by atoms with Crippen LogP contribution in [-0.4, -0.2) is 20.1 Å². The molecule has 2 nitrogen and oxygen atoms in total. The van der Waals surface area contributed by atoms with E-state index < -0.39 is 0 Å². The number of rotatable bonds is 3. The van der Waals surface area contributed by atoms with E-state index in [1.807, 2.05) is 0 Å². The van der Waals surface area contributed by atoms with Crippen LogP contribution < -0.4 is 10.2 Å². The van der Waals surface area contributed by atoms with Crippen molar-refractivity contribution in [3.8, 4) is 0 Å². The molecule has 1 aliphatic carbocycles. The van der Waals surface area contributed by atoms with Crippen LogP contribution in [0.4, 0.5) is 11.4 Å². The van der Waals surface area contributed by atoms with Crippen LogP contribution in [0.3, 0.4) is 0 Å². The zero-order chi connectivity index (χ0) is 13.3. The van der Waals surface area contributed by atoms with Crippen LogP contribution in [-0.2, 0) is 0 Å². The van der Waals surface area contributed by atoms with E-state index in [9.17, 15) is 0 Å². The molecule has 0 amide bonds. The largest absolute Gasteiger partial charge is 0.382 e. The highest BCUT2D eigenvalue weighted by Crippen LogP contribution is 2.42. The first-order valence-electron chi connectivity index (χ1n) is 6.91. The summed E-state index contributed by atoms with van der Waals surface area (Å²) >= 11 is 0. The molecule has 0 spiro atoms. The van der Waals surface area contributed by atoms with E-state index in [4.69, 9.17) is 0 Å². The minimum Gasteiger partial charge on any atom is -0.382 e. The van der Waals surface area contributed by atoms with Crippen molar-refractivity contribution >= 4 is 11.4 Å². The third-order valence-corrected chi connectivity index (χ3v) is 4.05. The molecule has 2 unspecified atom stereocenters. The Bertz CT molecular complexity index is 409. The Hall–Kier alpha value is -1.18. The van der Waals surface area contributed by atoms with Gasteiger partial charge < -0.3 is 10.2 Å². The van der Waals surface area contributed by atoms with Gasteiger partial charge in [-0.3, -0.25) is 0 Å². The maximum atomic E-state index is 3.71. The van der Waals surface area contributed by atoms with Gasteiger partial charge in [0, 0.05) is 31.5 Å². The smallest absolute Gasteiger partial charge is 0.0381 e. The molecule has 1 N–H and O–H groups in total. The Morgan fingerprint density at radius 2 is 1.94 bits per heavy atom. The normalized spacial score (nSPS) is 26.1. The maximum Gasteiger partial charge on any atom is 0.0381 e. The molecule has 0 saturated heterocycles. The molecule has 100 valence electrons. The second-order valence-corrected chi connectivity index (χ2v) is 6.75. The molecule has 1 aromatic carbocycles. The van der Waals surface area contributed by atoms with Crippen LogP contribution in [0.15, 0.2) is 24.3 Å². The van der Waals surface area contributed by atoms with E-state index >= 15 is 0 Å². The molecule has 2 rings (SSSR count). The summed E-state index contributed by atoms with van der Waals surface area (Å²) in [5, 5.41) is 3.71. The molecule has 1 aromatic rings. The summed E-state index contributed by atoms with van der Waals surface area (Å²) in [5.74, 6) is 0.753. The number of benzene rings is 1. The molecular weight excluding hydrogens is 220 g/mol. The summed E-state index contributed by atoms with van der Waals surface area (Å²) in [6.07, 6.45) is 2.58. The van der Waals surface area contributed by atoms with E-state index in [1.165, 1.54) is 24.2 Å².